The lowest BCUT2D eigenvalue weighted by Gasteiger charge is -2.07. The van der Waals surface area contributed by atoms with Crippen LogP contribution in [-0.4, -0.2) is 24.4 Å². The van der Waals surface area contributed by atoms with Crippen LogP contribution >= 0.6 is 0 Å². The van der Waals surface area contributed by atoms with Gasteiger partial charge in [-0.15, -0.1) is 13.2 Å². The van der Waals surface area contributed by atoms with Crippen LogP contribution in [0.2, 0.25) is 0 Å². The first-order valence-electron chi connectivity index (χ1n) is 3.72. The molecule has 0 amide bonds. The Morgan fingerprint density at radius 2 is 2.13 bits per heavy atom. The van der Waals surface area contributed by atoms with E-state index in [4.69, 9.17) is 0 Å². The summed E-state index contributed by atoms with van der Waals surface area (Å²) >= 11 is 0. The quantitative estimate of drug-likeness (QED) is 0.714. The highest BCUT2D eigenvalue weighted by atomic mass is 19.4. The molecule has 0 N–H and O–H groups in total. The molecule has 0 bridgehead atoms. The maximum absolute atomic E-state index is 11.8. The van der Waals surface area contributed by atoms with Gasteiger partial charge in [0.15, 0.2) is 0 Å². The van der Waals surface area contributed by atoms with Crippen LogP contribution in [-0.2, 0) is 4.74 Å². The van der Waals surface area contributed by atoms with E-state index in [1.54, 1.807) is 0 Å². The fraction of sp³-hybridized carbons (Fsp3) is 0.250. The van der Waals surface area contributed by atoms with Crippen molar-refractivity contribution in [1.29, 1.82) is 0 Å². The van der Waals surface area contributed by atoms with Crippen molar-refractivity contribution in [3.8, 4) is 5.88 Å². The van der Waals surface area contributed by atoms with Crippen molar-refractivity contribution in [3.63, 3.8) is 0 Å². The summed E-state index contributed by atoms with van der Waals surface area (Å²) in [4.78, 5) is 14.2. The van der Waals surface area contributed by atoms with E-state index < -0.39 is 18.2 Å². The summed E-state index contributed by atoms with van der Waals surface area (Å²) in [6.07, 6.45) is -3.81. The van der Waals surface area contributed by atoms with Crippen LogP contribution in [0, 0.1) is 0 Å². The number of esters is 1. The van der Waals surface area contributed by atoms with E-state index in [0.717, 1.165) is 19.4 Å². The van der Waals surface area contributed by atoms with Crippen LogP contribution in [0.15, 0.2) is 18.3 Å². The highest BCUT2D eigenvalue weighted by Crippen LogP contribution is 2.21. The van der Waals surface area contributed by atoms with Crippen LogP contribution in [0.5, 0.6) is 5.88 Å². The minimum absolute atomic E-state index is 0.0632. The van der Waals surface area contributed by atoms with Gasteiger partial charge in [-0.25, -0.2) is 9.78 Å². The van der Waals surface area contributed by atoms with E-state index >= 15 is 0 Å². The normalized spacial score (nSPS) is 10.9. The number of carbonyl (C=O) groups excluding carboxylic acids is 1. The minimum atomic E-state index is -4.83. The van der Waals surface area contributed by atoms with Crippen molar-refractivity contribution in [1.82, 2.24) is 4.98 Å². The lowest BCUT2D eigenvalue weighted by molar-refractivity contribution is -0.276. The van der Waals surface area contributed by atoms with Gasteiger partial charge in [-0.2, -0.15) is 0 Å². The van der Waals surface area contributed by atoms with Gasteiger partial charge in [0.1, 0.15) is 0 Å². The molecule has 0 aliphatic rings. The van der Waals surface area contributed by atoms with E-state index in [9.17, 15) is 18.0 Å². The molecule has 82 valence electrons. The molecule has 0 aromatic carbocycles. The molecule has 0 atom stereocenters. The summed E-state index contributed by atoms with van der Waals surface area (Å²) in [5.74, 6) is -1.46. The first-order chi connectivity index (χ1) is 6.92. The molecule has 0 aliphatic heterocycles. The third-order valence-corrected chi connectivity index (χ3v) is 1.38. The van der Waals surface area contributed by atoms with E-state index in [-0.39, 0.29) is 5.56 Å². The zero-order valence-corrected chi connectivity index (χ0v) is 7.54. The van der Waals surface area contributed by atoms with Crippen LogP contribution in [0.3, 0.4) is 0 Å². The molecule has 1 heterocycles. The molecule has 15 heavy (non-hydrogen) atoms. The van der Waals surface area contributed by atoms with Crippen molar-refractivity contribution in [2.45, 2.75) is 6.36 Å². The number of hydrogen-bond donors (Lipinski definition) is 0. The highest BCUT2D eigenvalue weighted by molar-refractivity contribution is 5.89. The van der Waals surface area contributed by atoms with Gasteiger partial charge in [0.05, 0.1) is 12.7 Å². The van der Waals surface area contributed by atoms with Gasteiger partial charge < -0.3 is 9.47 Å². The minimum Gasteiger partial charge on any atom is -0.465 e. The number of methoxy groups -OCH3 is 1. The van der Waals surface area contributed by atoms with E-state index in [2.05, 4.69) is 14.5 Å². The van der Waals surface area contributed by atoms with Crippen molar-refractivity contribution >= 4 is 5.97 Å². The highest BCUT2D eigenvalue weighted by Gasteiger charge is 2.32. The van der Waals surface area contributed by atoms with Crippen LogP contribution < -0.4 is 4.74 Å². The van der Waals surface area contributed by atoms with Crippen LogP contribution in [0.25, 0.3) is 0 Å². The fourth-order valence-corrected chi connectivity index (χ4v) is 0.829. The van der Waals surface area contributed by atoms with Gasteiger partial charge in [-0.05, 0) is 6.07 Å². The standard InChI is InChI=1S/C8H6F3NO3/c1-14-7(13)5-2-3-12-6(4-5)15-8(9,10)11/h2-4H,1H3. The second kappa shape index (κ2) is 4.16. The van der Waals surface area contributed by atoms with Crippen molar-refractivity contribution < 1.29 is 27.4 Å². The number of nitrogens with zero attached hydrogens (tertiary/aromatic N) is 1. The Morgan fingerprint density at radius 1 is 1.47 bits per heavy atom. The Morgan fingerprint density at radius 3 is 2.67 bits per heavy atom. The third-order valence-electron chi connectivity index (χ3n) is 1.38. The van der Waals surface area contributed by atoms with Gasteiger partial charge in [0.25, 0.3) is 0 Å². The lowest BCUT2D eigenvalue weighted by Crippen LogP contribution is -2.18. The van der Waals surface area contributed by atoms with Gasteiger partial charge in [0.2, 0.25) is 5.88 Å². The number of aromatic nitrogens is 1. The maximum atomic E-state index is 11.8. The molecule has 1 aromatic heterocycles. The third kappa shape index (κ3) is 3.45. The molecular formula is C8H6F3NO3. The van der Waals surface area contributed by atoms with Crippen molar-refractivity contribution in [2.75, 3.05) is 7.11 Å². The molecule has 0 aliphatic carbocycles. The summed E-state index contributed by atoms with van der Waals surface area (Å²) in [6.45, 7) is 0. The predicted molar refractivity (Wildman–Crippen MR) is 42.3 cm³/mol. The summed E-state index contributed by atoms with van der Waals surface area (Å²) < 4.78 is 43.2. The molecule has 0 spiro atoms. The van der Waals surface area contributed by atoms with Gasteiger partial charge in [-0.1, -0.05) is 0 Å². The average molecular weight is 221 g/mol. The molecule has 0 fully saturated rings. The SMILES string of the molecule is COC(=O)c1ccnc(OC(F)(F)F)c1. The first-order valence-corrected chi connectivity index (χ1v) is 3.72. The topological polar surface area (TPSA) is 48.4 Å². The van der Waals surface area contributed by atoms with Crippen LogP contribution in [0.1, 0.15) is 10.4 Å². The van der Waals surface area contributed by atoms with E-state index in [1.165, 1.54) is 6.07 Å². The number of carbonyl (C=O) groups is 1. The molecule has 0 radical (unpaired) electrons. The molecule has 0 saturated heterocycles. The monoisotopic (exact) mass is 221 g/mol. The molecule has 1 aromatic rings. The van der Waals surface area contributed by atoms with Crippen molar-refractivity contribution in [3.05, 3.63) is 23.9 Å². The van der Waals surface area contributed by atoms with Crippen molar-refractivity contribution in [2.24, 2.45) is 0 Å². The van der Waals surface area contributed by atoms with Crippen LogP contribution in [0.4, 0.5) is 13.2 Å². The summed E-state index contributed by atoms with van der Waals surface area (Å²) in [6, 6.07) is 2.06. The molecular weight excluding hydrogens is 215 g/mol. The fourth-order valence-electron chi connectivity index (χ4n) is 0.829. The number of halogens is 3. The van der Waals surface area contributed by atoms with E-state index in [0.29, 0.717) is 0 Å². The second-order valence-corrected chi connectivity index (χ2v) is 2.42. The number of rotatable bonds is 2. The molecule has 1 rings (SSSR count). The Bertz CT molecular complexity index is 364. The molecule has 7 heteroatoms. The smallest absolute Gasteiger partial charge is 0.465 e. The number of alkyl halides is 3. The van der Waals surface area contributed by atoms with Gasteiger partial charge in [-0.3, -0.25) is 0 Å². The lowest BCUT2D eigenvalue weighted by atomic mass is 10.3. The van der Waals surface area contributed by atoms with Gasteiger partial charge in [0, 0.05) is 12.3 Å². The number of hydrogen-bond acceptors (Lipinski definition) is 4. The Balaban J connectivity index is 2.88. The predicted octanol–water partition coefficient (Wildman–Crippen LogP) is 1.77. The number of ether oxygens (including phenoxy) is 2. The molecule has 0 unspecified atom stereocenters. The summed E-state index contributed by atoms with van der Waals surface area (Å²) in [5, 5.41) is 0. The molecule has 4 nitrogen and oxygen atoms in total. The number of pyridine rings is 1. The Kier molecular flexibility index (Phi) is 3.13. The zero-order chi connectivity index (χ0) is 11.5. The Labute approximate surface area is 82.6 Å². The molecule has 0 saturated carbocycles. The average Bonchev–Trinajstić information content (AvgIpc) is 2.14. The Hall–Kier alpha value is -1.79. The first kappa shape index (κ1) is 11.3. The second-order valence-electron chi connectivity index (χ2n) is 2.42. The summed E-state index contributed by atoms with van der Waals surface area (Å²) in [5.41, 5.74) is -0.0632. The maximum Gasteiger partial charge on any atom is 0.574 e. The zero-order valence-electron chi connectivity index (χ0n) is 7.54. The largest absolute Gasteiger partial charge is 0.574 e. The van der Waals surface area contributed by atoms with E-state index in [1.807, 2.05) is 0 Å². The van der Waals surface area contributed by atoms with Gasteiger partial charge >= 0.3 is 12.3 Å². The summed E-state index contributed by atoms with van der Waals surface area (Å²) in [7, 11) is 1.12.